The lowest BCUT2D eigenvalue weighted by Crippen LogP contribution is -2.12. The van der Waals surface area contributed by atoms with Gasteiger partial charge < -0.3 is 10.7 Å². The van der Waals surface area contributed by atoms with Crippen LogP contribution in [0.4, 0.5) is 0 Å². The van der Waals surface area contributed by atoms with Crippen LogP contribution in [-0.4, -0.2) is 0 Å². The number of nitrogens with one attached hydrogen (secondary N) is 1. The van der Waals surface area contributed by atoms with Crippen LogP contribution in [0.1, 0.15) is 44.9 Å². The minimum Gasteiger partial charge on any atom is -0.761 e. The highest BCUT2D eigenvalue weighted by Gasteiger charge is 2.17. The summed E-state index contributed by atoms with van der Waals surface area (Å²) < 4.78 is 0. The maximum atomic E-state index is 10.3. The fourth-order valence-corrected chi connectivity index (χ4v) is 2.21. The molecule has 80 valence electrons. The second-order valence-corrected chi connectivity index (χ2v) is 4.00. The third kappa shape index (κ3) is 3.54. The van der Waals surface area contributed by atoms with Crippen molar-refractivity contribution in [3.05, 3.63) is 29.6 Å². The van der Waals surface area contributed by atoms with E-state index in [0.29, 0.717) is 5.92 Å². The van der Waals surface area contributed by atoms with Crippen LogP contribution in [0.2, 0.25) is 0 Å². The molecule has 1 rings (SSSR count). The largest absolute Gasteiger partial charge is 0.761 e. The van der Waals surface area contributed by atoms with Crippen molar-refractivity contribution in [2.24, 2.45) is 5.92 Å². The normalized spacial score (nSPS) is 24.9. The van der Waals surface area contributed by atoms with Crippen molar-refractivity contribution in [3.8, 4) is 0 Å². The average molecular weight is 194 g/mol. The molecule has 0 bridgehead atoms. The van der Waals surface area contributed by atoms with E-state index in [9.17, 15) is 5.21 Å². The summed E-state index contributed by atoms with van der Waals surface area (Å²) in [5, 5.41) is 10.3. The van der Waals surface area contributed by atoms with Crippen LogP contribution in [0.3, 0.4) is 0 Å². The van der Waals surface area contributed by atoms with Crippen LogP contribution in [0.15, 0.2) is 24.4 Å². The Morgan fingerprint density at radius 1 is 1.50 bits per heavy atom. The van der Waals surface area contributed by atoms with Gasteiger partial charge >= 0.3 is 0 Å². The number of rotatable bonds is 5. The van der Waals surface area contributed by atoms with Gasteiger partial charge in [0.15, 0.2) is 0 Å². The summed E-state index contributed by atoms with van der Waals surface area (Å²) in [4.78, 5) is 0. The topological polar surface area (TPSA) is 35.1 Å². The summed E-state index contributed by atoms with van der Waals surface area (Å²) >= 11 is 0. The Balaban J connectivity index is 2.37. The number of hydrogen-bond donors (Lipinski definition) is 1. The molecule has 1 saturated carbocycles. The molecule has 1 aliphatic rings. The van der Waals surface area contributed by atoms with Gasteiger partial charge in [-0.2, -0.15) is 0 Å². The molecule has 1 atom stereocenters. The van der Waals surface area contributed by atoms with Gasteiger partial charge in [0.05, 0.1) is 0 Å². The van der Waals surface area contributed by atoms with E-state index in [-0.39, 0.29) is 0 Å². The predicted octanol–water partition coefficient (Wildman–Crippen LogP) is 3.50. The molecule has 0 saturated heterocycles. The van der Waals surface area contributed by atoms with Crippen molar-refractivity contribution in [3.63, 3.8) is 0 Å². The Kier molecular flexibility index (Phi) is 5.38. The lowest BCUT2D eigenvalue weighted by atomic mass is 9.82. The first-order chi connectivity index (χ1) is 6.88. The van der Waals surface area contributed by atoms with E-state index in [1.807, 2.05) is 11.6 Å². The van der Waals surface area contributed by atoms with Crippen LogP contribution in [0, 0.1) is 11.1 Å². The Bertz CT molecular complexity index is 198. The summed E-state index contributed by atoms with van der Waals surface area (Å²) in [6, 6.07) is 0. The predicted molar refractivity (Wildman–Crippen MR) is 60.6 cm³/mol. The number of unbranched alkanes of at least 4 members (excludes halogenated alkanes) is 1. The first kappa shape index (κ1) is 11.3. The molecule has 1 aliphatic carbocycles. The van der Waals surface area contributed by atoms with Crippen molar-refractivity contribution >= 4 is 0 Å². The third-order valence-corrected chi connectivity index (χ3v) is 3.00. The summed E-state index contributed by atoms with van der Waals surface area (Å²) in [6.07, 6.45) is 12.0. The molecule has 2 heteroatoms. The van der Waals surface area contributed by atoms with E-state index in [1.54, 1.807) is 6.20 Å². The highest BCUT2D eigenvalue weighted by molar-refractivity contribution is 5.08. The van der Waals surface area contributed by atoms with Gasteiger partial charge in [-0.25, -0.2) is 0 Å². The number of hydrogen-bond acceptors (Lipinski definition) is 2. The van der Waals surface area contributed by atoms with Gasteiger partial charge in [-0.3, -0.25) is 0 Å². The molecule has 0 amide bonds. The second-order valence-electron chi connectivity index (χ2n) is 4.00. The molecule has 0 aromatic carbocycles. The molecule has 0 spiro atoms. The monoisotopic (exact) mass is 194 g/mol. The smallest absolute Gasteiger partial charge is 0.0149 e. The van der Waals surface area contributed by atoms with E-state index in [2.05, 4.69) is 6.58 Å². The van der Waals surface area contributed by atoms with Gasteiger partial charge in [0.25, 0.3) is 0 Å². The average Bonchev–Trinajstić information content (AvgIpc) is 2.21. The standard InChI is InChI=1S/C12H20NO/c1-2-3-4-7-11-8-5-6-9-12(11)10-13-14/h2,10-11,13H,1,3-9H2/q-1/b12-10-. The fraction of sp³-hybridized carbons (Fsp3) is 0.667. The Hall–Kier alpha value is -0.760. The molecule has 0 aromatic heterocycles. The lowest BCUT2D eigenvalue weighted by Gasteiger charge is -2.26. The molecular formula is C12H20NO-. The second kappa shape index (κ2) is 6.66. The minimum atomic E-state index is 0.644. The van der Waals surface area contributed by atoms with E-state index in [1.165, 1.54) is 37.7 Å². The van der Waals surface area contributed by atoms with Crippen LogP contribution in [0.5, 0.6) is 0 Å². The molecule has 1 fully saturated rings. The van der Waals surface area contributed by atoms with E-state index < -0.39 is 0 Å². The first-order valence-corrected chi connectivity index (χ1v) is 5.56. The molecule has 2 nitrogen and oxygen atoms in total. The SMILES string of the molecule is C=CCCCC1CCCC/C1=C/N[O-]. The van der Waals surface area contributed by atoms with Crippen molar-refractivity contribution < 1.29 is 0 Å². The molecule has 0 aliphatic heterocycles. The number of allylic oxidation sites excluding steroid dienone is 2. The zero-order valence-electron chi connectivity index (χ0n) is 8.80. The highest BCUT2D eigenvalue weighted by atomic mass is 16.5. The summed E-state index contributed by atoms with van der Waals surface area (Å²) in [7, 11) is 0. The fourth-order valence-electron chi connectivity index (χ4n) is 2.21. The van der Waals surface area contributed by atoms with E-state index in [4.69, 9.17) is 0 Å². The molecule has 0 radical (unpaired) electrons. The Morgan fingerprint density at radius 3 is 3.07 bits per heavy atom. The number of hydroxylamine groups is 1. The van der Waals surface area contributed by atoms with Crippen molar-refractivity contribution in [1.82, 2.24) is 5.48 Å². The van der Waals surface area contributed by atoms with Gasteiger partial charge in [-0.05, 0) is 50.6 Å². The molecule has 1 N–H and O–H groups in total. The van der Waals surface area contributed by atoms with Gasteiger partial charge in [0.2, 0.25) is 0 Å². The van der Waals surface area contributed by atoms with Crippen molar-refractivity contribution in [1.29, 1.82) is 0 Å². The van der Waals surface area contributed by atoms with Crippen LogP contribution in [0.25, 0.3) is 0 Å². The van der Waals surface area contributed by atoms with E-state index in [0.717, 1.165) is 12.8 Å². The van der Waals surface area contributed by atoms with Crippen LogP contribution < -0.4 is 5.48 Å². The summed E-state index contributed by atoms with van der Waals surface area (Å²) in [6.45, 7) is 3.72. The zero-order chi connectivity index (χ0) is 10.2. The van der Waals surface area contributed by atoms with Crippen LogP contribution >= 0.6 is 0 Å². The quantitative estimate of drug-likeness (QED) is 0.413. The van der Waals surface area contributed by atoms with Gasteiger partial charge in [-0.1, -0.05) is 18.1 Å². The summed E-state index contributed by atoms with van der Waals surface area (Å²) in [5.74, 6) is 0.644. The maximum absolute atomic E-state index is 10.3. The van der Waals surface area contributed by atoms with Gasteiger partial charge in [0.1, 0.15) is 0 Å². The lowest BCUT2D eigenvalue weighted by molar-refractivity contribution is 0.418. The zero-order valence-corrected chi connectivity index (χ0v) is 8.80. The first-order valence-electron chi connectivity index (χ1n) is 5.56. The van der Waals surface area contributed by atoms with Crippen molar-refractivity contribution in [2.75, 3.05) is 0 Å². The third-order valence-electron chi connectivity index (χ3n) is 3.00. The highest BCUT2D eigenvalue weighted by Crippen LogP contribution is 2.32. The molecule has 1 unspecified atom stereocenters. The van der Waals surface area contributed by atoms with E-state index >= 15 is 0 Å². The van der Waals surface area contributed by atoms with Crippen molar-refractivity contribution in [2.45, 2.75) is 44.9 Å². The Labute approximate surface area is 86.7 Å². The molecule has 0 heterocycles. The van der Waals surface area contributed by atoms with Crippen LogP contribution in [-0.2, 0) is 0 Å². The maximum Gasteiger partial charge on any atom is -0.0149 e. The molecular weight excluding hydrogens is 174 g/mol. The molecule has 14 heavy (non-hydrogen) atoms. The minimum absolute atomic E-state index is 0.644. The Morgan fingerprint density at radius 2 is 2.36 bits per heavy atom. The van der Waals surface area contributed by atoms with Gasteiger partial charge in [-0.15, -0.1) is 6.58 Å². The summed E-state index contributed by atoms with van der Waals surface area (Å²) in [5.41, 5.74) is 3.25. The molecule has 0 aromatic rings. The van der Waals surface area contributed by atoms with Gasteiger partial charge in [0, 0.05) is 0 Å².